The van der Waals surface area contributed by atoms with E-state index in [1.165, 1.54) is 12.1 Å². The molecule has 29 heavy (non-hydrogen) atoms. The number of anilines is 1. The Kier molecular flexibility index (Phi) is 5.76. The molecule has 2 heterocycles. The molecule has 0 spiro atoms. The largest absolute Gasteiger partial charge is 0.368 e. The molecule has 8 heteroatoms. The molecule has 1 aliphatic rings. The van der Waals surface area contributed by atoms with Crippen molar-refractivity contribution in [1.29, 1.82) is 0 Å². The summed E-state index contributed by atoms with van der Waals surface area (Å²) in [6, 6.07) is 13.6. The van der Waals surface area contributed by atoms with Gasteiger partial charge in [0.1, 0.15) is 5.82 Å². The molecule has 0 atom stereocenters. The van der Waals surface area contributed by atoms with Crippen LogP contribution in [0, 0.1) is 5.82 Å². The maximum absolute atomic E-state index is 13.0. The lowest BCUT2D eigenvalue weighted by atomic mass is 10.2. The number of halogens is 2. The van der Waals surface area contributed by atoms with Crippen LogP contribution in [-0.2, 0) is 11.2 Å². The highest BCUT2D eigenvalue weighted by molar-refractivity contribution is 6.30. The Bertz CT molecular complexity index is 984. The van der Waals surface area contributed by atoms with Crippen LogP contribution in [0.2, 0.25) is 5.02 Å². The molecule has 0 saturated carbocycles. The number of hydrogen-bond acceptors (Lipinski definition) is 5. The molecule has 1 saturated heterocycles. The fraction of sp³-hybridized carbons (Fsp3) is 0.286. The highest BCUT2D eigenvalue weighted by Gasteiger charge is 2.22. The number of carbonyl (C=O) groups is 1. The standard InChI is InChI=1S/C21H20ClFN4O2/c22-16-2-1-3-18(14-16)26-10-12-27(13-11-26)20(28)9-8-19-24-21(25-29-19)15-4-6-17(23)7-5-15/h1-7,14H,8-13H2. The highest BCUT2D eigenvalue weighted by Crippen LogP contribution is 2.21. The second-order valence-electron chi connectivity index (χ2n) is 6.87. The normalized spacial score (nSPS) is 14.3. The third kappa shape index (κ3) is 4.74. The van der Waals surface area contributed by atoms with Crippen molar-refractivity contribution in [2.45, 2.75) is 12.8 Å². The Morgan fingerprint density at radius 3 is 2.59 bits per heavy atom. The van der Waals surface area contributed by atoms with Crippen LogP contribution in [0.15, 0.2) is 53.1 Å². The number of nitrogens with zero attached hydrogens (tertiary/aromatic N) is 4. The van der Waals surface area contributed by atoms with Gasteiger partial charge in [-0.15, -0.1) is 0 Å². The van der Waals surface area contributed by atoms with Gasteiger partial charge in [-0.2, -0.15) is 4.98 Å². The second-order valence-corrected chi connectivity index (χ2v) is 7.30. The maximum Gasteiger partial charge on any atom is 0.227 e. The first-order valence-electron chi connectivity index (χ1n) is 9.45. The smallest absolute Gasteiger partial charge is 0.227 e. The van der Waals surface area contributed by atoms with Gasteiger partial charge in [0, 0.05) is 55.3 Å². The van der Waals surface area contributed by atoms with E-state index in [0.29, 0.717) is 48.2 Å². The first-order chi connectivity index (χ1) is 14.1. The van der Waals surface area contributed by atoms with Crippen molar-refractivity contribution >= 4 is 23.2 Å². The molecule has 3 aromatic rings. The second kappa shape index (κ2) is 8.61. The van der Waals surface area contributed by atoms with Gasteiger partial charge in [-0.25, -0.2) is 4.39 Å². The Labute approximate surface area is 172 Å². The van der Waals surface area contributed by atoms with Crippen LogP contribution in [0.4, 0.5) is 10.1 Å². The van der Waals surface area contributed by atoms with Crippen molar-refractivity contribution in [3.63, 3.8) is 0 Å². The minimum absolute atomic E-state index is 0.0669. The van der Waals surface area contributed by atoms with Crippen molar-refractivity contribution in [3.05, 3.63) is 65.3 Å². The maximum atomic E-state index is 13.0. The van der Waals surface area contributed by atoms with Crippen LogP contribution >= 0.6 is 11.6 Å². The lowest BCUT2D eigenvalue weighted by Crippen LogP contribution is -2.48. The summed E-state index contributed by atoms with van der Waals surface area (Å²) < 4.78 is 18.2. The quantitative estimate of drug-likeness (QED) is 0.635. The molecule has 0 N–H and O–H groups in total. The average Bonchev–Trinajstić information content (AvgIpc) is 3.22. The predicted molar refractivity (Wildman–Crippen MR) is 108 cm³/mol. The fourth-order valence-electron chi connectivity index (χ4n) is 3.33. The van der Waals surface area contributed by atoms with E-state index in [9.17, 15) is 9.18 Å². The summed E-state index contributed by atoms with van der Waals surface area (Å²) in [4.78, 5) is 20.9. The summed E-state index contributed by atoms with van der Waals surface area (Å²) in [7, 11) is 0. The van der Waals surface area contributed by atoms with Crippen molar-refractivity contribution in [2.75, 3.05) is 31.1 Å². The summed E-state index contributed by atoms with van der Waals surface area (Å²) in [6.07, 6.45) is 0.684. The van der Waals surface area contributed by atoms with Gasteiger partial charge in [0.2, 0.25) is 17.6 Å². The number of piperazine rings is 1. The Balaban J connectivity index is 1.28. The number of benzene rings is 2. The van der Waals surface area contributed by atoms with Gasteiger partial charge in [0.15, 0.2) is 0 Å². The fourth-order valence-corrected chi connectivity index (χ4v) is 3.52. The van der Waals surface area contributed by atoms with Crippen LogP contribution in [0.3, 0.4) is 0 Å². The van der Waals surface area contributed by atoms with Crippen molar-refractivity contribution < 1.29 is 13.7 Å². The molecule has 1 amide bonds. The Morgan fingerprint density at radius 2 is 1.86 bits per heavy atom. The molecule has 0 bridgehead atoms. The van der Waals surface area contributed by atoms with Crippen LogP contribution in [0.25, 0.3) is 11.4 Å². The van der Waals surface area contributed by atoms with Gasteiger partial charge in [0.05, 0.1) is 0 Å². The van der Waals surface area contributed by atoms with Crippen molar-refractivity contribution in [2.24, 2.45) is 0 Å². The third-order valence-electron chi connectivity index (χ3n) is 4.93. The molecule has 4 rings (SSSR count). The minimum Gasteiger partial charge on any atom is -0.368 e. The van der Waals surface area contributed by atoms with Crippen LogP contribution < -0.4 is 4.90 Å². The van der Waals surface area contributed by atoms with E-state index in [4.69, 9.17) is 16.1 Å². The van der Waals surface area contributed by atoms with E-state index in [2.05, 4.69) is 15.0 Å². The minimum atomic E-state index is -0.321. The average molecular weight is 415 g/mol. The zero-order chi connectivity index (χ0) is 20.2. The molecule has 150 valence electrons. The number of aryl methyl sites for hydroxylation is 1. The number of aromatic nitrogens is 2. The van der Waals surface area contributed by atoms with E-state index in [1.54, 1.807) is 12.1 Å². The first kappa shape index (κ1) is 19.4. The lowest BCUT2D eigenvalue weighted by molar-refractivity contribution is -0.131. The summed E-state index contributed by atoms with van der Waals surface area (Å²) in [5.74, 6) is 0.536. The van der Waals surface area contributed by atoms with Crippen LogP contribution in [0.5, 0.6) is 0 Å². The summed E-state index contributed by atoms with van der Waals surface area (Å²) >= 11 is 6.06. The van der Waals surface area contributed by atoms with Crippen molar-refractivity contribution in [1.82, 2.24) is 15.0 Å². The molecular formula is C21H20ClFN4O2. The molecule has 1 fully saturated rings. The zero-order valence-corrected chi connectivity index (χ0v) is 16.5. The highest BCUT2D eigenvalue weighted by atomic mass is 35.5. The molecule has 0 radical (unpaired) electrons. The van der Waals surface area contributed by atoms with E-state index >= 15 is 0 Å². The Hall–Kier alpha value is -2.93. The SMILES string of the molecule is O=C(CCc1nc(-c2ccc(F)cc2)no1)N1CCN(c2cccc(Cl)c2)CC1. The van der Waals surface area contributed by atoms with E-state index in [1.807, 2.05) is 29.2 Å². The number of rotatable bonds is 5. The van der Waals surface area contributed by atoms with Gasteiger partial charge in [0.25, 0.3) is 0 Å². The molecule has 1 aromatic heterocycles. The predicted octanol–water partition coefficient (Wildman–Crippen LogP) is 3.81. The topological polar surface area (TPSA) is 62.5 Å². The van der Waals surface area contributed by atoms with Gasteiger partial charge < -0.3 is 14.3 Å². The number of carbonyl (C=O) groups excluding carboxylic acids is 1. The van der Waals surface area contributed by atoms with Crippen molar-refractivity contribution in [3.8, 4) is 11.4 Å². The molecule has 0 unspecified atom stereocenters. The van der Waals surface area contributed by atoms with E-state index in [-0.39, 0.29) is 11.7 Å². The van der Waals surface area contributed by atoms with Crippen LogP contribution in [-0.4, -0.2) is 47.1 Å². The summed E-state index contributed by atoms with van der Waals surface area (Å²) in [6.45, 7) is 2.86. The summed E-state index contributed by atoms with van der Waals surface area (Å²) in [5, 5.41) is 4.62. The molecule has 0 aliphatic carbocycles. The van der Waals surface area contributed by atoms with Gasteiger partial charge in [-0.1, -0.05) is 22.8 Å². The lowest BCUT2D eigenvalue weighted by Gasteiger charge is -2.36. The monoisotopic (exact) mass is 414 g/mol. The van der Waals surface area contributed by atoms with E-state index in [0.717, 1.165) is 18.8 Å². The molecule has 2 aromatic carbocycles. The third-order valence-corrected chi connectivity index (χ3v) is 5.16. The number of amides is 1. The molecular weight excluding hydrogens is 395 g/mol. The van der Waals surface area contributed by atoms with E-state index < -0.39 is 0 Å². The van der Waals surface area contributed by atoms with Gasteiger partial charge >= 0.3 is 0 Å². The number of hydrogen-bond donors (Lipinski definition) is 0. The molecule has 6 nitrogen and oxygen atoms in total. The van der Waals surface area contributed by atoms with Gasteiger partial charge in [-0.05, 0) is 42.5 Å². The molecule has 1 aliphatic heterocycles. The summed E-state index contributed by atoms with van der Waals surface area (Å²) in [5.41, 5.74) is 1.74. The zero-order valence-electron chi connectivity index (χ0n) is 15.7. The Morgan fingerprint density at radius 1 is 1.10 bits per heavy atom. The first-order valence-corrected chi connectivity index (χ1v) is 9.83. The van der Waals surface area contributed by atoms with Gasteiger partial charge in [-0.3, -0.25) is 4.79 Å². The van der Waals surface area contributed by atoms with Crippen LogP contribution in [0.1, 0.15) is 12.3 Å².